The first-order valence-electron chi connectivity index (χ1n) is 4.35. The van der Waals surface area contributed by atoms with Gasteiger partial charge in [-0.15, -0.1) is 0 Å². The summed E-state index contributed by atoms with van der Waals surface area (Å²) >= 11 is 1.57. The van der Waals surface area contributed by atoms with Crippen molar-refractivity contribution in [1.29, 1.82) is 0 Å². The molecule has 2 unspecified atom stereocenters. The standard InChI is InChI=1S/C8H17NO4S/c1-14-3-2-7(8(12)13)9-4-6(11)5-10/h6-7,9-11H,2-5H2,1H3,(H,12,13). The normalized spacial score (nSPS) is 15.1. The second kappa shape index (κ2) is 8.05. The van der Waals surface area contributed by atoms with Gasteiger partial charge in [0, 0.05) is 6.54 Å². The highest BCUT2D eigenvalue weighted by Crippen LogP contribution is 2.00. The minimum Gasteiger partial charge on any atom is -0.480 e. The summed E-state index contributed by atoms with van der Waals surface area (Å²) in [6, 6.07) is -0.649. The molecule has 0 amide bonds. The maximum atomic E-state index is 10.7. The summed E-state index contributed by atoms with van der Waals surface area (Å²) in [5.41, 5.74) is 0. The SMILES string of the molecule is CSCCC(NCC(O)CO)C(=O)O. The number of thioether (sulfide) groups is 1. The summed E-state index contributed by atoms with van der Waals surface area (Å²) in [7, 11) is 0. The molecular formula is C8H17NO4S. The zero-order chi connectivity index (χ0) is 11.0. The van der Waals surface area contributed by atoms with Crippen molar-refractivity contribution in [1.82, 2.24) is 5.32 Å². The first-order chi connectivity index (χ1) is 6.61. The number of carbonyl (C=O) groups is 1. The molecule has 0 aromatic rings. The van der Waals surface area contributed by atoms with Crippen LogP contribution >= 0.6 is 11.8 Å². The Kier molecular flexibility index (Phi) is 7.87. The Morgan fingerprint density at radius 2 is 2.21 bits per heavy atom. The number of carboxylic acid groups (broad SMARTS) is 1. The van der Waals surface area contributed by atoms with Gasteiger partial charge in [-0.05, 0) is 18.4 Å². The van der Waals surface area contributed by atoms with Gasteiger partial charge in [-0.2, -0.15) is 11.8 Å². The van der Waals surface area contributed by atoms with Gasteiger partial charge in [0.15, 0.2) is 0 Å². The highest BCUT2D eigenvalue weighted by atomic mass is 32.2. The molecule has 2 atom stereocenters. The molecule has 0 aromatic carbocycles. The molecule has 6 heteroatoms. The van der Waals surface area contributed by atoms with Crippen molar-refractivity contribution in [3.63, 3.8) is 0 Å². The molecule has 0 aliphatic heterocycles. The summed E-state index contributed by atoms with van der Waals surface area (Å²) in [5.74, 6) is -0.177. The van der Waals surface area contributed by atoms with Gasteiger partial charge >= 0.3 is 5.97 Å². The Morgan fingerprint density at radius 1 is 1.57 bits per heavy atom. The van der Waals surface area contributed by atoms with Crippen molar-refractivity contribution in [3.05, 3.63) is 0 Å². The summed E-state index contributed by atoms with van der Waals surface area (Å²) in [6.45, 7) is -0.260. The van der Waals surface area contributed by atoms with E-state index in [1.807, 2.05) is 6.26 Å². The van der Waals surface area contributed by atoms with Crippen LogP contribution in [0.3, 0.4) is 0 Å². The van der Waals surface area contributed by atoms with Crippen LogP contribution in [0.25, 0.3) is 0 Å². The lowest BCUT2D eigenvalue weighted by Crippen LogP contribution is -2.42. The lowest BCUT2D eigenvalue weighted by molar-refractivity contribution is -0.139. The van der Waals surface area contributed by atoms with E-state index in [1.165, 1.54) is 0 Å². The van der Waals surface area contributed by atoms with Crippen molar-refractivity contribution in [2.45, 2.75) is 18.6 Å². The molecule has 0 saturated heterocycles. The van der Waals surface area contributed by atoms with Crippen LogP contribution in [0.4, 0.5) is 0 Å². The number of nitrogens with one attached hydrogen (secondary N) is 1. The third-order valence-corrected chi connectivity index (χ3v) is 2.36. The van der Waals surface area contributed by atoms with E-state index in [1.54, 1.807) is 11.8 Å². The molecule has 4 N–H and O–H groups in total. The zero-order valence-corrected chi connectivity index (χ0v) is 8.96. The molecule has 0 rings (SSSR count). The summed E-state index contributed by atoms with van der Waals surface area (Å²) in [6.07, 6.45) is 1.52. The highest BCUT2D eigenvalue weighted by Gasteiger charge is 2.16. The van der Waals surface area contributed by atoms with E-state index in [4.69, 9.17) is 15.3 Å². The van der Waals surface area contributed by atoms with Gasteiger partial charge in [0.1, 0.15) is 6.04 Å². The van der Waals surface area contributed by atoms with Crippen LogP contribution in [0.5, 0.6) is 0 Å². The molecule has 0 fully saturated rings. The molecular weight excluding hydrogens is 206 g/mol. The van der Waals surface area contributed by atoms with Crippen LogP contribution in [0.2, 0.25) is 0 Å². The van der Waals surface area contributed by atoms with Crippen molar-refractivity contribution < 1.29 is 20.1 Å². The molecule has 0 heterocycles. The van der Waals surface area contributed by atoms with E-state index in [2.05, 4.69) is 5.32 Å². The van der Waals surface area contributed by atoms with E-state index in [9.17, 15) is 4.79 Å². The Labute approximate surface area is 87.5 Å². The van der Waals surface area contributed by atoms with Crippen LogP contribution in [0, 0.1) is 0 Å². The van der Waals surface area contributed by atoms with Gasteiger partial charge < -0.3 is 20.6 Å². The molecule has 0 bridgehead atoms. The van der Waals surface area contributed by atoms with Gasteiger partial charge in [-0.1, -0.05) is 0 Å². The summed E-state index contributed by atoms with van der Waals surface area (Å²) in [5, 5.41) is 29.0. The molecule has 0 spiro atoms. The molecule has 0 aliphatic carbocycles. The molecule has 0 aliphatic rings. The third-order valence-electron chi connectivity index (χ3n) is 1.72. The fraction of sp³-hybridized carbons (Fsp3) is 0.875. The lowest BCUT2D eigenvalue weighted by atomic mass is 10.2. The molecule has 0 radical (unpaired) electrons. The number of rotatable bonds is 8. The van der Waals surface area contributed by atoms with Gasteiger partial charge in [-0.3, -0.25) is 4.79 Å². The number of hydrogen-bond donors (Lipinski definition) is 4. The van der Waals surface area contributed by atoms with Crippen LogP contribution in [-0.4, -0.2) is 58.6 Å². The van der Waals surface area contributed by atoms with E-state index < -0.39 is 18.1 Å². The highest BCUT2D eigenvalue weighted by molar-refractivity contribution is 7.98. The molecule has 14 heavy (non-hydrogen) atoms. The average molecular weight is 223 g/mol. The van der Waals surface area contributed by atoms with Crippen LogP contribution in [0.1, 0.15) is 6.42 Å². The van der Waals surface area contributed by atoms with Crippen molar-refractivity contribution in [2.75, 3.05) is 25.2 Å². The molecule has 5 nitrogen and oxygen atoms in total. The number of aliphatic hydroxyl groups is 2. The van der Waals surface area contributed by atoms with Crippen molar-refractivity contribution in [2.24, 2.45) is 0 Å². The molecule has 0 saturated carbocycles. The smallest absolute Gasteiger partial charge is 0.320 e. The number of aliphatic hydroxyl groups excluding tert-OH is 2. The van der Waals surface area contributed by atoms with E-state index >= 15 is 0 Å². The maximum absolute atomic E-state index is 10.7. The minimum absolute atomic E-state index is 0.0991. The minimum atomic E-state index is -0.927. The number of carboxylic acids is 1. The second-order valence-corrected chi connectivity index (χ2v) is 3.90. The monoisotopic (exact) mass is 223 g/mol. The van der Waals surface area contributed by atoms with Crippen LogP contribution < -0.4 is 5.32 Å². The quantitative estimate of drug-likeness (QED) is 0.428. The van der Waals surface area contributed by atoms with Crippen molar-refractivity contribution >= 4 is 17.7 Å². The average Bonchev–Trinajstić information content (AvgIpc) is 2.16. The predicted octanol–water partition coefficient (Wildman–Crippen LogP) is -0.864. The Hall–Kier alpha value is -0.300. The van der Waals surface area contributed by atoms with E-state index in [0.29, 0.717) is 6.42 Å². The summed E-state index contributed by atoms with van der Waals surface area (Å²) in [4.78, 5) is 10.7. The number of aliphatic carboxylic acids is 1. The Bertz CT molecular complexity index is 167. The topological polar surface area (TPSA) is 89.8 Å². The largest absolute Gasteiger partial charge is 0.480 e. The first-order valence-corrected chi connectivity index (χ1v) is 5.75. The molecule has 0 aromatic heterocycles. The Morgan fingerprint density at radius 3 is 2.64 bits per heavy atom. The van der Waals surface area contributed by atoms with Crippen molar-refractivity contribution in [3.8, 4) is 0 Å². The zero-order valence-electron chi connectivity index (χ0n) is 8.14. The summed E-state index contributed by atoms with van der Waals surface area (Å²) < 4.78 is 0. The molecule has 84 valence electrons. The maximum Gasteiger partial charge on any atom is 0.320 e. The van der Waals surface area contributed by atoms with Gasteiger partial charge in [-0.25, -0.2) is 0 Å². The fourth-order valence-electron chi connectivity index (χ4n) is 0.891. The predicted molar refractivity (Wildman–Crippen MR) is 55.5 cm³/mol. The number of hydrogen-bond acceptors (Lipinski definition) is 5. The van der Waals surface area contributed by atoms with Gasteiger partial charge in [0.25, 0.3) is 0 Å². The van der Waals surface area contributed by atoms with Crippen LogP contribution in [0.15, 0.2) is 0 Å². The third kappa shape index (κ3) is 6.20. The van der Waals surface area contributed by atoms with E-state index in [0.717, 1.165) is 5.75 Å². The Balaban J connectivity index is 3.79. The van der Waals surface area contributed by atoms with E-state index in [-0.39, 0.29) is 13.2 Å². The van der Waals surface area contributed by atoms with Gasteiger partial charge in [0.2, 0.25) is 0 Å². The van der Waals surface area contributed by atoms with Gasteiger partial charge in [0.05, 0.1) is 12.7 Å². The lowest BCUT2D eigenvalue weighted by Gasteiger charge is -2.15. The fourth-order valence-corrected chi connectivity index (χ4v) is 1.36. The first kappa shape index (κ1) is 13.7. The second-order valence-electron chi connectivity index (χ2n) is 2.92. The van der Waals surface area contributed by atoms with Crippen LogP contribution in [-0.2, 0) is 4.79 Å².